The normalized spacial score (nSPS) is 19.1. The van der Waals surface area contributed by atoms with Gasteiger partial charge in [-0.15, -0.1) is 0 Å². The molecule has 1 aliphatic heterocycles. The fourth-order valence-corrected chi connectivity index (χ4v) is 4.43. The van der Waals surface area contributed by atoms with Crippen molar-refractivity contribution < 1.29 is 14.3 Å². The van der Waals surface area contributed by atoms with Gasteiger partial charge >= 0.3 is 5.97 Å². The molecule has 0 radical (unpaired) electrons. The number of carbonyl (C=O) groups is 2. The van der Waals surface area contributed by atoms with E-state index in [1.807, 2.05) is 52.8 Å². The first-order valence-electron chi connectivity index (χ1n) is 10.5. The van der Waals surface area contributed by atoms with Crippen LogP contribution < -0.4 is 0 Å². The standard InChI is InChI=1S/C24H27N3O3/c1-16-8-7-9-17(2)26(16)23(28)15-30-24(29)19-12-13-22-21(14-19)25-18(3)27(22)20-10-5-4-6-11-20/h4-6,10-14,16-17H,7-9,15H2,1-3H3/t16-,17+. The summed E-state index contributed by atoms with van der Waals surface area (Å²) in [5.74, 6) is 0.202. The summed E-state index contributed by atoms with van der Waals surface area (Å²) in [6.07, 6.45) is 3.11. The molecular formula is C24H27N3O3. The molecule has 0 spiro atoms. The number of likely N-dealkylation sites (tertiary alicyclic amines) is 1. The molecule has 0 unspecified atom stereocenters. The summed E-state index contributed by atoms with van der Waals surface area (Å²) >= 11 is 0. The van der Waals surface area contributed by atoms with Crippen LogP contribution >= 0.6 is 0 Å². The lowest BCUT2D eigenvalue weighted by Crippen LogP contribution is -2.49. The summed E-state index contributed by atoms with van der Waals surface area (Å²) in [6, 6.07) is 15.6. The molecule has 4 rings (SSSR count). The van der Waals surface area contributed by atoms with E-state index in [-0.39, 0.29) is 24.6 Å². The Hall–Kier alpha value is -3.15. The number of carbonyl (C=O) groups excluding carboxylic acids is 2. The van der Waals surface area contributed by atoms with Gasteiger partial charge in [0.05, 0.1) is 16.6 Å². The zero-order chi connectivity index (χ0) is 21.3. The second kappa shape index (κ2) is 8.30. The number of aromatic nitrogens is 2. The van der Waals surface area contributed by atoms with Crippen LogP contribution in [-0.2, 0) is 9.53 Å². The lowest BCUT2D eigenvalue weighted by Gasteiger charge is -2.38. The summed E-state index contributed by atoms with van der Waals surface area (Å²) in [4.78, 5) is 31.6. The Bertz CT molecular complexity index is 1060. The number of para-hydroxylation sites is 1. The molecule has 0 bridgehead atoms. The first-order valence-corrected chi connectivity index (χ1v) is 10.5. The number of esters is 1. The average molecular weight is 405 g/mol. The average Bonchev–Trinajstić information content (AvgIpc) is 3.07. The summed E-state index contributed by atoms with van der Waals surface area (Å²) in [5.41, 5.74) is 3.05. The van der Waals surface area contributed by atoms with Gasteiger partial charge in [-0.05, 0) is 70.4 Å². The molecule has 0 aliphatic carbocycles. The maximum Gasteiger partial charge on any atom is 0.338 e. The molecule has 2 aromatic carbocycles. The number of amides is 1. The van der Waals surface area contributed by atoms with Gasteiger partial charge in [0, 0.05) is 17.8 Å². The minimum Gasteiger partial charge on any atom is -0.452 e. The molecule has 2 atom stereocenters. The van der Waals surface area contributed by atoms with Gasteiger partial charge in [0.25, 0.3) is 5.91 Å². The van der Waals surface area contributed by atoms with Crippen molar-refractivity contribution >= 4 is 22.9 Å². The fourth-order valence-electron chi connectivity index (χ4n) is 4.43. The number of fused-ring (bicyclic) bond motifs is 1. The fraction of sp³-hybridized carbons (Fsp3) is 0.375. The Kier molecular flexibility index (Phi) is 5.57. The van der Waals surface area contributed by atoms with Crippen molar-refractivity contribution in [2.24, 2.45) is 0 Å². The van der Waals surface area contributed by atoms with E-state index in [9.17, 15) is 9.59 Å². The van der Waals surface area contributed by atoms with Crippen LogP contribution in [0.2, 0.25) is 0 Å². The van der Waals surface area contributed by atoms with Gasteiger partial charge in [-0.1, -0.05) is 18.2 Å². The molecule has 3 aromatic rings. The Balaban J connectivity index is 1.50. The number of imidazole rings is 1. The van der Waals surface area contributed by atoms with Crippen molar-refractivity contribution in [2.45, 2.75) is 52.1 Å². The van der Waals surface area contributed by atoms with Crippen molar-refractivity contribution in [3.05, 3.63) is 59.9 Å². The van der Waals surface area contributed by atoms with Crippen LogP contribution in [0.4, 0.5) is 0 Å². The summed E-state index contributed by atoms with van der Waals surface area (Å²) < 4.78 is 7.39. The van der Waals surface area contributed by atoms with Crippen molar-refractivity contribution in [2.75, 3.05) is 6.61 Å². The van der Waals surface area contributed by atoms with Crippen LogP contribution in [0.3, 0.4) is 0 Å². The van der Waals surface area contributed by atoms with E-state index in [0.29, 0.717) is 5.56 Å². The summed E-state index contributed by atoms with van der Waals surface area (Å²) in [6.45, 7) is 5.80. The second-order valence-electron chi connectivity index (χ2n) is 8.04. The Morgan fingerprint density at radius 1 is 1.07 bits per heavy atom. The van der Waals surface area contributed by atoms with E-state index in [4.69, 9.17) is 4.74 Å². The number of rotatable bonds is 4. The Morgan fingerprint density at radius 3 is 2.47 bits per heavy atom. The number of aryl methyl sites for hydroxylation is 1. The number of benzene rings is 2. The summed E-state index contributed by atoms with van der Waals surface area (Å²) in [5, 5.41) is 0. The molecule has 30 heavy (non-hydrogen) atoms. The monoisotopic (exact) mass is 405 g/mol. The molecule has 156 valence electrons. The largest absolute Gasteiger partial charge is 0.452 e. The molecule has 2 heterocycles. The van der Waals surface area contributed by atoms with E-state index < -0.39 is 5.97 Å². The van der Waals surface area contributed by atoms with Crippen molar-refractivity contribution in [3.63, 3.8) is 0 Å². The first-order chi connectivity index (χ1) is 14.5. The zero-order valence-electron chi connectivity index (χ0n) is 17.7. The van der Waals surface area contributed by atoms with Crippen LogP contribution in [0.25, 0.3) is 16.7 Å². The van der Waals surface area contributed by atoms with Crippen molar-refractivity contribution in [1.82, 2.24) is 14.5 Å². The van der Waals surface area contributed by atoms with E-state index in [1.54, 1.807) is 12.1 Å². The molecule has 1 aromatic heterocycles. The Labute approximate surface area is 176 Å². The summed E-state index contributed by atoms with van der Waals surface area (Å²) in [7, 11) is 0. The predicted molar refractivity (Wildman–Crippen MR) is 116 cm³/mol. The maximum atomic E-state index is 12.6. The van der Waals surface area contributed by atoms with Crippen LogP contribution in [0.15, 0.2) is 48.5 Å². The van der Waals surface area contributed by atoms with Gasteiger partial charge in [0.15, 0.2) is 6.61 Å². The van der Waals surface area contributed by atoms with Gasteiger partial charge in [-0.25, -0.2) is 9.78 Å². The number of piperidine rings is 1. The third kappa shape index (κ3) is 3.82. The number of ether oxygens (including phenoxy) is 1. The zero-order valence-corrected chi connectivity index (χ0v) is 17.7. The molecule has 1 amide bonds. The van der Waals surface area contributed by atoms with Crippen LogP contribution in [0.5, 0.6) is 0 Å². The lowest BCUT2D eigenvalue weighted by molar-refractivity contribution is -0.140. The SMILES string of the molecule is Cc1nc2cc(C(=O)OCC(=O)N3[C@H](C)CCC[C@@H]3C)ccc2n1-c1ccccc1. The van der Waals surface area contributed by atoms with Gasteiger partial charge in [-0.3, -0.25) is 9.36 Å². The van der Waals surface area contributed by atoms with Gasteiger partial charge in [0.1, 0.15) is 5.82 Å². The predicted octanol–water partition coefficient (Wildman–Crippen LogP) is 4.28. The highest BCUT2D eigenvalue weighted by molar-refractivity contribution is 5.95. The lowest BCUT2D eigenvalue weighted by atomic mass is 9.97. The van der Waals surface area contributed by atoms with Crippen LogP contribution in [0, 0.1) is 6.92 Å². The van der Waals surface area contributed by atoms with E-state index in [1.165, 1.54) is 0 Å². The van der Waals surface area contributed by atoms with Crippen molar-refractivity contribution in [1.29, 1.82) is 0 Å². The molecule has 0 saturated carbocycles. The molecule has 1 fully saturated rings. The first kappa shape index (κ1) is 20.1. The van der Waals surface area contributed by atoms with Crippen LogP contribution in [-0.4, -0.2) is 45.0 Å². The molecule has 6 nitrogen and oxygen atoms in total. The van der Waals surface area contributed by atoms with E-state index >= 15 is 0 Å². The quantitative estimate of drug-likeness (QED) is 0.608. The highest BCUT2D eigenvalue weighted by atomic mass is 16.5. The molecule has 0 N–H and O–H groups in total. The smallest absolute Gasteiger partial charge is 0.338 e. The Morgan fingerprint density at radius 2 is 1.77 bits per heavy atom. The van der Waals surface area contributed by atoms with Crippen molar-refractivity contribution in [3.8, 4) is 5.69 Å². The minimum absolute atomic E-state index is 0.131. The second-order valence-corrected chi connectivity index (χ2v) is 8.04. The number of nitrogens with zero attached hydrogens (tertiary/aromatic N) is 3. The number of hydrogen-bond donors (Lipinski definition) is 0. The third-order valence-electron chi connectivity index (χ3n) is 5.88. The molecular weight excluding hydrogens is 378 g/mol. The topological polar surface area (TPSA) is 64.4 Å². The molecule has 1 aliphatic rings. The maximum absolute atomic E-state index is 12.6. The van der Waals surface area contributed by atoms with E-state index in [2.05, 4.69) is 18.8 Å². The van der Waals surface area contributed by atoms with Gasteiger partial charge in [-0.2, -0.15) is 0 Å². The molecule has 6 heteroatoms. The minimum atomic E-state index is -0.505. The molecule has 1 saturated heterocycles. The van der Waals surface area contributed by atoms with Crippen LogP contribution in [0.1, 0.15) is 49.3 Å². The van der Waals surface area contributed by atoms with E-state index in [0.717, 1.165) is 41.8 Å². The van der Waals surface area contributed by atoms with Gasteiger partial charge in [0.2, 0.25) is 0 Å². The third-order valence-corrected chi connectivity index (χ3v) is 5.88. The van der Waals surface area contributed by atoms with Gasteiger partial charge < -0.3 is 9.64 Å². The number of hydrogen-bond acceptors (Lipinski definition) is 4. The highest BCUT2D eigenvalue weighted by Gasteiger charge is 2.29. The highest BCUT2D eigenvalue weighted by Crippen LogP contribution is 2.24.